The van der Waals surface area contributed by atoms with Crippen molar-refractivity contribution in [1.82, 2.24) is 4.90 Å². The van der Waals surface area contributed by atoms with Crippen molar-refractivity contribution in [1.29, 1.82) is 0 Å². The number of anilines is 2. The molecule has 5 nitrogen and oxygen atoms in total. The summed E-state index contributed by atoms with van der Waals surface area (Å²) in [5, 5.41) is 9.89. The summed E-state index contributed by atoms with van der Waals surface area (Å²) < 4.78 is 0. The number of aliphatic hydroxyl groups is 1. The van der Waals surface area contributed by atoms with E-state index in [1.807, 2.05) is 11.9 Å². The van der Waals surface area contributed by atoms with Gasteiger partial charge in [0.15, 0.2) is 0 Å². The van der Waals surface area contributed by atoms with Crippen LogP contribution < -0.4 is 10.6 Å². The Bertz CT molecular complexity index is 464. The number of likely N-dealkylation sites (N-methyl/N-ethyl adjacent to an activating group) is 1. The van der Waals surface area contributed by atoms with Gasteiger partial charge in [-0.1, -0.05) is 0 Å². The molecule has 0 unspecified atom stereocenters. The molecule has 106 valence electrons. The number of carbonyl (C=O) groups is 1. The van der Waals surface area contributed by atoms with E-state index in [2.05, 4.69) is 0 Å². The lowest BCUT2D eigenvalue weighted by Crippen LogP contribution is -2.37. The van der Waals surface area contributed by atoms with E-state index in [0.717, 1.165) is 5.69 Å². The first kappa shape index (κ1) is 15.3. The van der Waals surface area contributed by atoms with Gasteiger partial charge in [-0.3, -0.25) is 4.79 Å². The van der Waals surface area contributed by atoms with Gasteiger partial charge in [0.25, 0.3) is 5.91 Å². The number of hydrogen-bond donors (Lipinski definition) is 2. The highest BCUT2D eigenvalue weighted by Gasteiger charge is 2.21. The van der Waals surface area contributed by atoms with Crippen LogP contribution in [0.5, 0.6) is 0 Å². The van der Waals surface area contributed by atoms with Crippen LogP contribution in [-0.2, 0) is 0 Å². The normalized spacial score (nSPS) is 11.3. The Morgan fingerprint density at radius 1 is 1.32 bits per heavy atom. The van der Waals surface area contributed by atoms with Gasteiger partial charge in [0.05, 0.1) is 16.9 Å². The lowest BCUT2D eigenvalue weighted by molar-refractivity contribution is 0.0820. The van der Waals surface area contributed by atoms with Gasteiger partial charge in [-0.15, -0.1) is 0 Å². The maximum atomic E-state index is 12.1. The number of nitrogen functional groups attached to an aromatic ring is 1. The third kappa shape index (κ3) is 4.13. The van der Waals surface area contributed by atoms with E-state index in [1.165, 1.54) is 4.90 Å². The highest BCUT2D eigenvalue weighted by Crippen LogP contribution is 2.25. The van der Waals surface area contributed by atoms with E-state index in [0.29, 0.717) is 17.8 Å². The molecule has 1 rings (SSSR count). The zero-order chi connectivity index (χ0) is 14.8. The largest absolute Gasteiger partial charge is 0.399 e. The number of amides is 1. The van der Waals surface area contributed by atoms with Gasteiger partial charge in [0.1, 0.15) is 0 Å². The van der Waals surface area contributed by atoms with Crippen LogP contribution in [0.4, 0.5) is 11.4 Å². The Labute approximate surface area is 114 Å². The van der Waals surface area contributed by atoms with Crippen LogP contribution in [0, 0.1) is 0 Å². The van der Waals surface area contributed by atoms with E-state index in [1.54, 1.807) is 46.1 Å². The molecule has 0 aliphatic rings. The average Bonchev–Trinajstić information content (AvgIpc) is 2.25. The molecule has 0 spiro atoms. The van der Waals surface area contributed by atoms with Crippen LogP contribution in [-0.4, -0.2) is 49.2 Å². The zero-order valence-electron chi connectivity index (χ0n) is 12.3. The van der Waals surface area contributed by atoms with Crippen molar-refractivity contribution < 1.29 is 9.90 Å². The average molecular weight is 265 g/mol. The third-order valence-corrected chi connectivity index (χ3v) is 2.69. The molecule has 0 aliphatic heterocycles. The van der Waals surface area contributed by atoms with Crippen molar-refractivity contribution in [2.24, 2.45) is 0 Å². The lowest BCUT2D eigenvalue weighted by atomic mass is 10.1. The van der Waals surface area contributed by atoms with Crippen LogP contribution in [0.25, 0.3) is 0 Å². The summed E-state index contributed by atoms with van der Waals surface area (Å²) in [7, 11) is 5.25. The number of nitrogens with zero attached hydrogens (tertiary/aromatic N) is 2. The molecular formula is C14H23N3O2. The highest BCUT2D eigenvalue weighted by atomic mass is 16.3. The van der Waals surface area contributed by atoms with Crippen molar-refractivity contribution in [2.45, 2.75) is 19.4 Å². The van der Waals surface area contributed by atoms with Crippen LogP contribution in [0.1, 0.15) is 24.2 Å². The fourth-order valence-corrected chi connectivity index (χ4v) is 1.95. The van der Waals surface area contributed by atoms with E-state index in [9.17, 15) is 9.90 Å². The predicted octanol–water partition coefficient (Wildman–Crippen LogP) is 1.18. The number of carbonyl (C=O) groups excluding carboxylic acids is 1. The summed E-state index contributed by atoms with van der Waals surface area (Å²) in [6, 6.07) is 5.18. The minimum atomic E-state index is -0.849. The summed E-state index contributed by atoms with van der Waals surface area (Å²) in [5.41, 5.74) is 6.83. The molecule has 0 bridgehead atoms. The summed E-state index contributed by atoms with van der Waals surface area (Å²) in [5.74, 6) is -0.0856. The zero-order valence-corrected chi connectivity index (χ0v) is 12.3. The van der Waals surface area contributed by atoms with Crippen LogP contribution in [0.3, 0.4) is 0 Å². The Balaban J connectivity index is 3.17. The molecule has 1 aromatic carbocycles. The molecule has 0 saturated heterocycles. The van der Waals surface area contributed by atoms with E-state index in [-0.39, 0.29) is 5.91 Å². The van der Waals surface area contributed by atoms with Crippen LogP contribution >= 0.6 is 0 Å². The quantitative estimate of drug-likeness (QED) is 0.802. The standard InChI is InChI=1S/C14H23N3O2/c1-14(2,19)9-17(5)12-8-10(15)6-7-11(12)13(18)16(3)4/h6-8,19H,9,15H2,1-5H3. The summed E-state index contributed by atoms with van der Waals surface area (Å²) >= 11 is 0. The SMILES string of the molecule is CN(C)C(=O)c1ccc(N)cc1N(C)CC(C)(C)O. The van der Waals surface area contributed by atoms with Crippen molar-refractivity contribution in [3.05, 3.63) is 23.8 Å². The Hall–Kier alpha value is -1.75. The van der Waals surface area contributed by atoms with Crippen molar-refractivity contribution in [2.75, 3.05) is 38.3 Å². The topological polar surface area (TPSA) is 69.8 Å². The monoisotopic (exact) mass is 265 g/mol. The first-order valence-electron chi connectivity index (χ1n) is 6.16. The Kier molecular flexibility index (Phi) is 4.42. The molecular weight excluding hydrogens is 242 g/mol. The minimum Gasteiger partial charge on any atom is -0.399 e. The molecule has 1 amide bonds. The van der Waals surface area contributed by atoms with Crippen molar-refractivity contribution in [3.8, 4) is 0 Å². The molecule has 0 aromatic heterocycles. The number of rotatable bonds is 4. The molecule has 0 fully saturated rings. The van der Waals surface area contributed by atoms with Gasteiger partial charge in [-0.2, -0.15) is 0 Å². The van der Waals surface area contributed by atoms with Gasteiger partial charge in [-0.05, 0) is 32.0 Å². The second kappa shape index (κ2) is 5.48. The molecule has 0 heterocycles. The first-order chi connectivity index (χ1) is 8.61. The summed E-state index contributed by atoms with van der Waals surface area (Å²) in [4.78, 5) is 15.5. The molecule has 3 N–H and O–H groups in total. The van der Waals surface area contributed by atoms with E-state index >= 15 is 0 Å². The van der Waals surface area contributed by atoms with Gasteiger partial charge >= 0.3 is 0 Å². The van der Waals surface area contributed by atoms with E-state index < -0.39 is 5.60 Å². The first-order valence-corrected chi connectivity index (χ1v) is 6.16. The molecule has 1 aromatic rings. The molecule has 0 atom stereocenters. The third-order valence-electron chi connectivity index (χ3n) is 2.69. The molecule has 0 aliphatic carbocycles. The second-order valence-corrected chi connectivity index (χ2v) is 5.64. The van der Waals surface area contributed by atoms with E-state index in [4.69, 9.17) is 5.73 Å². The molecule has 5 heteroatoms. The number of nitrogens with two attached hydrogens (primary N) is 1. The van der Waals surface area contributed by atoms with Gasteiger partial charge in [-0.25, -0.2) is 0 Å². The van der Waals surface area contributed by atoms with Gasteiger partial charge < -0.3 is 20.6 Å². The molecule has 19 heavy (non-hydrogen) atoms. The predicted molar refractivity (Wildman–Crippen MR) is 78.4 cm³/mol. The maximum absolute atomic E-state index is 12.1. The van der Waals surface area contributed by atoms with Crippen LogP contribution in [0.15, 0.2) is 18.2 Å². The van der Waals surface area contributed by atoms with Crippen LogP contribution in [0.2, 0.25) is 0 Å². The summed E-state index contributed by atoms with van der Waals surface area (Å²) in [6.45, 7) is 3.86. The fraction of sp³-hybridized carbons (Fsp3) is 0.500. The van der Waals surface area contributed by atoms with Gasteiger partial charge in [0, 0.05) is 33.4 Å². The Morgan fingerprint density at radius 3 is 2.37 bits per heavy atom. The molecule has 0 saturated carbocycles. The number of benzene rings is 1. The minimum absolute atomic E-state index is 0.0856. The van der Waals surface area contributed by atoms with Gasteiger partial charge in [0.2, 0.25) is 0 Å². The second-order valence-electron chi connectivity index (χ2n) is 5.64. The Morgan fingerprint density at radius 2 is 1.89 bits per heavy atom. The highest BCUT2D eigenvalue weighted by molar-refractivity contribution is 6.00. The van der Waals surface area contributed by atoms with Crippen molar-refractivity contribution >= 4 is 17.3 Å². The van der Waals surface area contributed by atoms with Crippen molar-refractivity contribution in [3.63, 3.8) is 0 Å². The maximum Gasteiger partial charge on any atom is 0.255 e. The summed E-state index contributed by atoms with van der Waals surface area (Å²) in [6.07, 6.45) is 0. The smallest absolute Gasteiger partial charge is 0.255 e. The molecule has 0 radical (unpaired) electrons. The fourth-order valence-electron chi connectivity index (χ4n) is 1.95. The lowest BCUT2D eigenvalue weighted by Gasteiger charge is -2.29. The number of hydrogen-bond acceptors (Lipinski definition) is 4.